The molecule has 1 saturated heterocycles. The summed E-state index contributed by atoms with van der Waals surface area (Å²) in [6.45, 7) is -0.0210. The van der Waals surface area contributed by atoms with Crippen LogP contribution in [-0.4, -0.2) is 53.1 Å². The number of carbonyl (C=O) groups excluding carboxylic acids is 5. The van der Waals surface area contributed by atoms with E-state index in [-0.39, 0.29) is 42.5 Å². The molecule has 2 heterocycles. The number of hydrogen-bond acceptors (Lipinski definition) is 6. The summed E-state index contributed by atoms with van der Waals surface area (Å²) in [5, 5.41) is 7.90. The first-order valence-electron chi connectivity index (χ1n) is 8.83. The molecule has 1 aromatic rings. The van der Waals surface area contributed by atoms with Gasteiger partial charge < -0.3 is 10.6 Å². The highest BCUT2D eigenvalue weighted by Crippen LogP contribution is 2.32. The average molecular weight is 370 g/mol. The van der Waals surface area contributed by atoms with Gasteiger partial charge in [0.1, 0.15) is 6.04 Å². The molecule has 4 rings (SSSR count). The zero-order chi connectivity index (χ0) is 19.1. The molecule has 1 aromatic carbocycles. The maximum Gasteiger partial charge on any atom is 0.264 e. The molecule has 0 aromatic heterocycles. The second kappa shape index (κ2) is 6.49. The van der Waals surface area contributed by atoms with E-state index < -0.39 is 29.7 Å². The number of anilines is 1. The second-order valence-electron chi connectivity index (χ2n) is 6.87. The van der Waals surface area contributed by atoms with Crippen LogP contribution in [0, 0.1) is 0 Å². The molecule has 2 fully saturated rings. The van der Waals surface area contributed by atoms with Gasteiger partial charge in [0.25, 0.3) is 11.8 Å². The largest absolute Gasteiger partial charge is 0.375 e. The molecule has 0 radical (unpaired) electrons. The summed E-state index contributed by atoms with van der Waals surface area (Å²) < 4.78 is 0. The zero-order valence-electron chi connectivity index (χ0n) is 14.4. The Morgan fingerprint density at radius 1 is 1.11 bits per heavy atom. The van der Waals surface area contributed by atoms with Crippen molar-refractivity contribution < 1.29 is 24.0 Å². The number of carbonyl (C=O) groups is 5. The summed E-state index contributed by atoms with van der Waals surface area (Å²) in [4.78, 5) is 61.8. The summed E-state index contributed by atoms with van der Waals surface area (Å²) in [6, 6.07) is 3.95. The number of rotatable bonds is 5. The number of amides is 5. The first kappa shape index (κ1) is 17.2. The minimum absolute atomic E-state index is 0.0210. The summed E-state index contributed by atoms with van der Waals surface area (Å²) in [5.74, 6) is -2.43. The predicted octanol–water partition coefficient (Wildman–Crippen LogP) is -0.222. The molecular weight excluding hydrogens is 352 g/mol. The van der Waals surface area contributed by atoms with Crippen molar-refractivity contribution in [3.05, 3.63) is 29.3 Å². The fraction of sp³-hybridized carbons (Fsp3) is 0.389. The number of piperidine rings is 1. The molecule has 1 aliphatic carbocycles. The number of benzene rings is 1. The molecule has 1 saturated carbocycles. The highest BCUT2D eigenvalue weighted by molar-refractivity contribution is 6.25. The molecule has 0 bridgehead atoms. The molecule has 140 valence electrons. The molecule has 9 heteroatoms. The second-order valence-corrected chi connectivity index (χ2v) is 6.87. The number of fused-ring (bicyclic) bond motifs is 1. The van der Waals surface area contributed by atoms with Crippen LogP contribution in [0.1, 0.15) is 46.4 Å². The minimum Gasteiger partial charge on any atom is -0.375 e. The van der Waals surface area contributed by atoms with Gasteiger partial charge in [-0.3, -0.25) is 34.2 Å². The van der Waals surface area contributed by atoms with Gasteiger partial charge in [-0.25, -0.2) is 0 Å². The van der Waals surface area contributed by atoms with E-state index in [2.05, 4.69) is 16.0 Å². The van der Waals surface area contributed by atoms with Gasteiger partial charge in [0.2, 0.25) is 17.7 Å². The van der Waals surface area contributed by atoms with Crippen LogP contribution < -0.4 is 16.0 Å². The molecule has 9 nitrogen and oxygen atoms in total. The van der Waals surface area contributed by atoms with Crippen LogP contribution in [0.4, 0.5) is 5.69 Å². The van der Waals surface area contributed by atoms with E-state index in [1.807, 2.05) is 0 Å². The maximum absolute atomic E-state index is 12.9. The third-order valence-corrected chi connectivity index (χ3v) is 4.85. The third-order valence-electron chi connectivity index (χ3n) is 4.85. The molecule has 3 N–H and O–H groups in total. The maximum atomic E-state index is 12.9. The Morgan fingerprint density at radius 3 is 2.59 bits per heavy atom. The van der Waals surface area contributed by atoms with Gasteiger partial charge in [-0.2, -0.15) is 0 Å². The van der Waals surface area contributed by atoms with Gasteiger partial charge >= 0.3 is 0 Å². The van der Waals surface area contributed by atoms with Gasteiger partial charge in [-0.15, -0.1) is 0 Å². The number of hydrogen-bond donors (Lipinski definition) is 3. The highest BCUT2D eigenvalue weighted by atomic mass is 16.2. The van der Waals surface area contributed by atoms with E-state index in [1.54, 1.807) is 12.1 Å². The van der Waals surface area contributed by atoms with E-state index in [0.29, 0.717) is 5.69 Å². The molecule has 27 heavy (non-hydrogen) atoms. The molecule has 3 aliphatic rings. The van der Waals surface area contributed by atoms with Crippen molar-refractivity contribution >= 4 is 35.2 Å². The Kier molecular flexibility index (Phi) is 4.14. The topological polar surface area (TPSA) is 125 Å². The van der Waals surface area contributed by atoms with Crippen LogP contribution in [-0.2, 0) is 14.4 Å². The predicted molar refractivity (Wildman–Crippen MR) is 92.8 cm³/mol. The zero-order valence-corrected chi connectivity index (χ0v) is 14.4. The highest BCUT2D eigenvalue weighted by Gasteiger charge is 2.45. The van der Waals surface area contributed by atoms with Crippen molar-refractivity contribution in [3.63, 3.8) is 0 Å². The lowest BCUT2D eigenvalue weighted by Gasteiger charge is -2.27. The Balaban J connectivity index is 1.54. The van der Waals surface area contributed by atoms with E-state index in [9.17, 15) is 24.0 Å². The quantitative estimate of drug-likeness (QED) is 0.616. The lowest BCUT2D eigenvalue weighted by Crippen LogP contribution is -2.54. The van der Waals surface area contributed by atoms with Crippen molar-refractivity contribution in [2.45, 2.75) is 37.8 Å². The summed E-state index contributed by atoms with van der Waals surface area (Å²) in [7, 11) is 0. The van der Waals surface area contributed by atoms with Gasteiger partial charge in [-0.1, -0.05) is 6.07 Å². The fourth-order valence-corrected chi connectivity index (χ4v) is 3.34. The Labute approximate surface area is 154 Å². The molecular formula is C18H18N4O5. The summed E-state index contributed by atoms with van der Waals surface area (Å²) in [5.41, 5.74) is 0.690. The van der Waals surface area contributed by atoms with Crippen molar-refractivity contribution in [1.29, 1.82) is 0 Å². The van der Waals surface area contributed by atoms with Crippen LogP contribution in [0.3, 0.4) is 0 Å². The van der Waals surface area contributed by atoms with Crippen LogP contribution >= 0.6 is 0 Å². The van der Waals surface area contributed by atoms with Crippen LogP contribution in [0.25, 0.3) is 0 Å². The van der Waals surface area contributed by atoms with E-state index in [1.165, 1.54) is 6.07 Å². The lowest BCUT2D eigenvalue weighted by molar-refractivity contribution is -0.136. The first-order valence-corrected chi connectivity index (χ1v) is 8.83. The normalized spacial score (nSPS) is 21.8. The smallest absolute Gasteiger partial charge is 0.264 e. The molecule has 1 atom stereocenters. The Bertz CT molecular complexity index is 877. The SMILES string of the molecule is O=C1CCC(N2C(=O)c3cccc(NCC(=O)NC4CC4)c3C2=O)C(=O)N1. The van der Waals surface area contributed by atoms with Crippen molar-refractivity contribution in [2.75, 3.05) is 11.9 Å². The van der Waals surface area contributed by atoms with Gasteiger partial charge in [0.15, 0.2) is 0 Å². The molecule has 5 amide bonds. The fourth-order valence-electron chi connectivity index (χ4n) is 3.34. The van der Waals surface area contributed by atoms with Crippen molar-refractivity contribution in [3.8, 4) is 0 Å². The third kappa shape index (κ3) is 3.16. The van der Waals surface area contributed by atoms with E-state index in [4.69, 9.17) is 0 Å². The number of nitrogens with zero attached hydrogens (tertiary/aromatic N) is 1. The molecule has 1 unspecified atom stereocenters. The monoisotopic (exact) mass is 370 g/mol. The van der Waals surface area contributed by atoms with Crippen LogP contribution in [0.15, 0.2) is 18.2 Å². The number of imide groups is 2. The van der Waals surface area contributed by atoms with Gasteiger partial charge in [-0.05, 0) is 31.4 Å². The number of nitrogens with one attached hydrogen (secondary N) is 3. The summed E-state index contributed by atoms with van der Waals surface area (Å²) >= 11 is 0. The molecule has 0 spiro atoms. The van der Waals surface area contributed by atoms with Crippen LogP contribution in [0.5, 0.6) is 0 Å². The lowest BCUT2D eigenvalue weighted by atomic mass is 10.0. The molecule has 2 aliphatic heterocycles. The van der Waals surface area contributed by atoms with Crippen molar-refractivity contribution in [1.82, 2.24) is 15.5 Å². The summed E-state index contributed by atoms with van der Waals surface area (Å²) in [6.07, 6.45) is 2.11. The Morgan fingerprint density at radius 2 is 1.89 bits per heavy atom. The van der Waals surface area contributed by atoms with Crippen molar-refractivity contribution in [2.24, 2.45) is 0 Å². The average Bonchev–Trinajstić information content (AvgIpc) is 3.41. The van der Waals surface area contributed by atoms with Gasteiger partial charge in [0.05, 0.1) is 17.7 Å². The van der Waals surface area contributed by atoms with Gasteiger partial charge in [0, 0.05) is 18.2 Å². The van der Waals surface area contributed by atoms with E-state index in [0.717, 1.165) is 17.7 Å². The first-order chi connectivity index (χ1) is 13.0. The Hall–Kier alpha value is -3.23. The van der Waals surface area contributed by atoms with E-state index >= 15 is 0 Å². The minimum atomic E-state index is -1.01. The standard InChI is InChI=1S/C18H18N4O5/c23-13-7-6-12(16(25)21-13)22-17(26)10-2-1-3-11(15(10)18(22)27)19-8-14(24)20-9-4-5-9/h1-3,9,12,19H,4-8H2,(H,20,24)(H,21,23,25). The van der Waals surface area contributed by atoms with Crippen LogP contribution in [0.2, 0.25) is 0 Å².